The van der Waals surface area contributed by atoms with Crippen molar-refractivity contribution in [1.29, 1.82) is 0 Å². The van der Waals surface area contributed by atoms with E-state index in [4.69, 9.17) is 9.72 Å². The normalized spacial score (nSPS) is 22.3. The molecule has 2 aliphatic rings. The topological polar surface area (TPSA) is 84.0 Å². The van der Waals surface area contributed by atoms with Crippen molar-refractivity contribution in [3.8, 4) is 0 Å². The number of rotatable bonds is 3. The first-order valence-electron chi connectivity index (χ1n) is 9.42. The second-order valence-corrected chi connectivity index (χ2v) is 8.20. The largest absolute Gasteiger partial charge is 0.381 e. The average Bonchev–Trinajstić information content (AvgIpc) is 3.26. The number of nitrogens with one attached hydrogen (secondary N) is 1. The van der Waals surface area contributed by atoms with Gasteiger partial charge in [0.05, 0.1) is 5.01 Å². The number of amides is 1. The molecule has 0 aromatic carbocycles. The zero-order valence-electron chi connectivity index (χ0n) is 15.1. The molecule has 1 unspecified atom stereocenters. The molecular formula is C18H25N5O2S. The van der Waals surface area contributed by atoms with E-state index in [0.717, 1.165) is 75.1 Å². The number of likely N-dealkylation sites (tertiary alicyclic amines) is 1. The molecule has 2 fully saturated rings. The summed E-state index contributed by atoms with van der Waals surface area (Å²) in [5.74, 6) is 2.70. The molecule has 0 aliphatic carbocycles. The number of carbonyl (C=O) groups excluding carboxylic acids is 1. The van der Waals surface area contributed by atoms with Crippen molar-refractivity contribution < 1.29 is 9.53 Å². The summed E-state index contributed by atoms with van der Waals surface area (Å²) in [7, 11) is 0. The number of aromatic amines is 1. The molecule has 1 N–H and O–H groups in total. The fraction of sp³-hybridized carbons (Fsp3) is 0.667. The van der Waals surface area contributed by atoms with Crippen LogP contribution in [0.4, 0.5) is 0 Å². The Balaban J connectivity index is 1.39. The van der Waals surface area contributed by atoms with Crippen molar-refractivity contribution in [2.45, 2.75) is 50.9 Å². The van der Waals surface area contributed by atoms with Crippen molar-refractivity contribution in [2.75, 3.05) is 26.3 Å². The number of aryl methyl sites for hydroxylation is 1. The van der Waals surface area contributed by atoms with Crippen LogP contribution in [-0.2, 0) is 4.74 Å². The molecule has 2 saturated heterocycles. The van der Waals surface area contributed by atoms with Crippen LogP contribution in [0.2, 0.25) is 0 Å². The Labute approximate surface area is 157 Å². The van der Waals surface area contributed by atoms with Crippen LogP contribution < -0.4 is 0 Å². The summed E-state index contributed by atoms with van der Waals surface area (Å²) in [6, 6.07) is 0. The molecule has 1 amide bonds. The SMILES string of the molecule is Cc1nc(C(=O)N2CCCC(c3nc(C4CCOCC4)n[nH]3)CC2)cs1. The zero-order chi connectivity index (χ0) is 17.9. The van der Waals surface area contributed by atoms with Gasteiger partial charge in [-0.3, -0.25) is 9.89 Å². The second kappa shape index (κ2) is 7.84. The van der Waals surface area contributed by atoms with Crippen LogP contribution in [-0.4, -0.2) is 57.3 Å². The van der Waals surface area contributed by atoms with E-state index in [2.05, 4.69) is 15.2 Å². The highest BCUT2D eigenvalue weighted by molar-refractivity contribution is 7.09. The molecule has 7 nitrogen and oxygen atoms in total. The summed E-state index contributed by atoms with van der Waals surface area (Å²) in [4.78, 5) is 23.7. The maximum Gasteiger partial charge on any atom is 0.273 e. The summed E-state index contributed by atoms with van der Waals surface area (Å²) >= 11 is 1.52. The van der Waals surface area contributed by atoms with Gasteiger partial charge in [0.15, 0.2) is 5.82 Å². The van der Waals surface area contributed by atoms with Crippen LogP contribution in [0, 0.1) is 6.92 Å². The van der Waals surface area contributed by atoms with Gasteiger partial charge in [0.2, 0.25) is 0 Å². The molecule has 140 valence electrons. The number of carbonyl (C=O) groups is 1. The zero-order valence-corrected chi connectivity index (χ0v) is 15.9. The molecule has 0 bridgehead atoms. The van der Waals surface area contributed by atoms with Crippen LogP contribution in [0.25, 0.3) is 0 Å². The Morgan fingerprint density at radius 3 is 2.81 bits per heavy atom. The van der Waals surface area contributed by atoms with Gasteiger partial charge in [-0.05, 0) is 39.0 Å². The van der Waals surface area contributed by atoms with E-state index in [-0.39, 0.29) is 5.91 Å². The molecule has 4 rings (SSSR count). The lowest BCUT2D eigenvalue weighted by atomic mass is 9.98. The Hall–Kier alpha value is -1.80. The highest BCUT2D eigenvalue weighted by Crippen LogP contribution is 2.29. The van der Waals surface area contributed by atoms with Crippen LogP contribution >= 0.6 is 11.3 Å². The van der Waals surface area contributed by atoms with E-state index in [9.17, 15) is 4.79 Å². The van der Waals surface area contributed by atoms with Gasteiger partial charge in [0.25, 0.3) is 5.91 Å². The minimum absolute atomic E-state index is 0.0514. The van der Waals surface area contributed by atoms with E-state index >= 15 is 0 Å². The number of aromatic nitrogens is 4. The Bertz CT molecular complexity index is 752. The number of ether oxygens (including phenoxy) is 1. The fourth-order valence-electron chi connectivity index (χ4n) is 3.81. The minimum Gasteiger partial charge on any atom is -0.381 e. The highest BCUT2D eigenvalue weighted by atomic mass is 32.1. The summed E-state index contributed by atoms with van der Waals surface area (Å²) < 4.78 is 5.43. The highest BCUT2D eigenvalue weighted by Gasteiger charge is 2.27. The van der Waals surface area contributed by atoms with Crippen LogP contribution in [0.3, 0.4) is 0 Å². The second-order valence-electron chi connectivity index (χ2n) is 7.14. The first kappa shape index (κ1) is 17.6. The third-order valence-electron chi connectivity index (χ3n) is 5.35. The van der Waals surface area contributed by atoms with Crippen molar-refractivity contribution in [3.05, 3.63) is 27.7 Å². The number of hydrogen-bond acceptors (Lipinski definition) is 6. The van der Waals surface area contributed by atoms with Gasteiger partial charge < -0.3 is 9.64 Å². The predicted molar refractivity (Wildman–Crippen MR) is 98.5 cm³/mol. The molecule has 8 heteroatoms. The monoisotopic (exact) mass is 375 g/mol. The third-order valence-corrected chi connectivity index (χ3v) is 6.12. The molecule has 2 aromatic rings. The summed E-state index contributed by atoms with van der Waals surface area (Å²) in [6.45, 7) is 5.05. The van der Waals surface area contributed by atoms with E-state index in [1.165, 1.54) is 11.3 Å². The summed E-state index contributed by atoms with van der Waals surface area (Å²) in [5, 5.41) is 10.4. The lowest BCUT2D eigenvalue weighted by Crippen LogP contribution is -2.32. The molecule has 0 radical (unpaired) electrons. The molecule has 2 aliphatic heterocycles. The molecule has 0 spiro atoms. The van der Waals surface area contributed by atoms with Crippen LogP contribution in [0.15, 0.2) is 5.38 Å². The van der Waals surface area contributed by atoms with Gasteiger partial charge in [0, 0.05) is 43.5 Å². The maximum atomic E-state index is 12.6. The fourth-order valence-corrected chi connectivity index (χ4v) is 4.39. The van der Waals surface area contributed by atoms with Crippen LogP contribution in [0.1, 0.15) is 71.1 Å². The van der Waals surface area contributed by atoms with E-state index < -0.39 is 0 Å². The lowest BCUT2D eigenvalue weighted by molar-refractivity contribution is 0.0755. The molecule has 2 aromatic heterocycles. The number of thiazole rings is 1. The smallest absolute Gasteiger partial charge is 0.273 e. The Morgan fingerprint density at radius 2 is 2.04 bits per heavy atom. The first-order chi connectivity index (χ1) is 12.7. The lowest BCUT2D eigenvalue weighted by Gasteiger charge is -2.19. The summed E-state index contributed by atoms with van der Waals surface area (Å²) in [5.41, 5.74) is 0.576. The van der Waals surface area contributed by atoms with Crippen molar-refractivity contribution >= 4 is 17.2 Å². The molecule has 26 heavy (non-hydrogen) atoms. The Morgan fingerprint density at radius 1 is 1.19 bits per heavy atom. The summed E-state index contributed by atoms with van der Waals surface area (Å²) in [6.07, 6.45) is 4.92. The molecule has 0 saturated carbocycles. The van der Waals surface area contributed by atoms with Crippen molar-refractivity contribution in [1.82, 2.24) is 25.1 Å². The molecular weight excluding hydrogens is 350 g/mol. The molecule has 4 heterocycles. The molecule has 1 atom stereocenters. The number of hydrogen-bond donors (Lipinski definition) is 1. The van der Waals surface area contributed by atoms with Crippen molar-refractivity contribution in [3.63, 3.8) is 0 Å². The van der Waals surface area contributed by atoms with Gasteiger partial charge in [0.1, 0.15) is 11.5 Å². The van der Waals surface area contributed by atoms with E-state index in [1.54, 1.807) is 0 Å². The number of nitrogens with zero attached hydrogens (tertiary/aromatic N) is 4. The standard InChI is InChI=1S/C18H25N5O2S/c1-12-19-15(11-26-12)18(24)23-7-2-3-13(4-8-23)16-20-17(22-21-16)14-5-9-25-10-6-14/h11,13-14H,2-10H2,1H3,(H,20,21,22). The maximum absolute atomic E-state index is 12.6. The van der Waals surface area contributed by atoms with Gasteiger partial charge in [-0.1, -0.05) is 0 Å². The van der Waals surface area contributed by atoms with E-state index in [1.807, 2.05) is 17.2 Å². The number of H-pyrrole nitrogens is 1. The van der Waals surface area contributed by atoms with E-state index in [0.29, 0.717) is 17.5 Å². The third kappa shape index (κ3) is 3.81. The quantitative estimate of drug-likeness (QED) is 0.892. The van der Waals surface area contributed by atoms with Crippen LogP contribution in [0.5, 0.6) is 0 Å². The average molecular weight is 375 g/mol. The van der Waals surface area contributed by atoms with Gasteiger partial charge >= 0.3 is 0 Å². The minimum atomic E-state index is 0.0514. The van der Waals surface area contributed by atoms with Gasteiger partial charge in [-0.2, -0.15) is 5.10 Å². The first-order valence-corrected chi connectivity index (χ1v) is 10.3. The predicted octanol–water partition coefficient (Wildman–Crippen LogP) is 2.87. The Kier molecular flexibility index (Phi) is 5.31. The van der Waals surface area contributed by atoms with Gasteiger partial charge in [-0.15, -0.1) is 11.3 Å². The van der Waals surface area contributed by atoms with Crippen molar-refractivity contribution in [2.24, 2.45) is 0 Å². The van der Waals surface area contributed by atoms with Gasteiger partial charge in [-0.25, -0.2) is 9.97 Å².